The molecule has 0 aromatic heterocycles. The van der Waals surface area contributed by atoms with Crippen molar-refractivity contribution in [3.8, 4) is 0 Å². The summed E-state index contributed by atoms with van der Waals surface area (Å²) in [7, 11) is -3.64. The van der Waals surface area contributed by atoms with Crippen LogP contribution in [0.3, 0.4) is 0 Å². The molecule has 1 aromatic carbocycles. The third-order valence-electron chi connectivity index (χ3n) is 3.20. The fourth-order valence-electron chi connectivity index (χ4n) is 2.04. The average Bonchev–Trinajstić information content (AvgIpc) is 2.73. The molecule has 7 heteroatoms. The monoisotopic (exact) mass is 304 g/mol. The molecular formula is C12H17ClN2O3S. The van der Waals surface area contributed by atoms with Crippen LogP contribution in [0.25, 0.3) is 0 Å². The summed E-state index contributed by atoms with van der Waals surface area (Å²) in [6.45, 7) is 2.73. The largest absolute Gasteiger partial charge is 0.377 e. The van der Waals surface area contributed by atoms with E-state index in [0.29, 0.717) is 19.6 Å². The van der Waals surface area contributed by atoms with Crippen molar-refractivity contribution in [3.63, 3.8) is 0 Å². The molecule has 0 spiro atoms. The fourth-order valence-corrected chi connectivity index (χ4v) is 3.94. The minimum absolute atomic E-state index is 0.0745. The summed E-state index contributed by atoms with van der Waals surface area (Å²) in [5.41, 5.74) is 6.28. The number of nitrogens with two attached hydrogens (primary N) is 1. The fraction of sp³-hybridized carbons (Fsp3) is 0.500. The van der Waals surface area contributed by atoms with Gasteiger partial charge in [0.05, 0.1) is 17.2 Å². The Balaban J connectivity index is 2.24. The zero-order valence-corrected chi connectivity index (χ0v) is 12.2. The molecule has 106 valence electrons. The molecule has 0 amide bonds. The molecule has 1 aliphatic rings. The quantitative estimate of drug-likeness (QED) is 0.877. The highest BCUT2D eigenvalue weighted by Crippen LogP contribution is 2.24. The van der Waals surface area contributed by atoms with Crippen molar-refractivity contribution >= 4 is 21.6 Å². The van der Waals surface area contributed by atoms with Crippen LogP contribution in [0.2, 0.25) is 5.02 Å². The summed E-state index contributed by atoms with van der Waals surface area (Å²) in [4.78, 5) is 0.0745. The number of hydrogen-bond donors (Lipinski definition) is 2. The van der Waals surface area contributed by atoms with E-state index in [4.69, 9.17) is 22.1 Å². The highest BCUT2D eigenvalue weighted by molar-refractivity contribution is 7.89. The van der Waals surface area contributed by atoms with Crippen molar-refractivity contribution in [2.24, 2.45) is 5.73 Å². The van der Waals surface area contributed by atoms with Gasteiger partial charge in [0.15, 0.2) is 0 Å². The summed E-state index contributed by atoms with van der Waals surface area (Å²) < 4.78 is 32.5. The van der Waals surface area contributed by atoms with E-state index in [-0.39, 0.29) is 22.1 Å². The lowest BCUT2D eigenvalue weighted by atomic mass is 10.2. The molecule has 2 unspecified atom stereocenters. The van der Waals surface area contributed by atoms with Crippen LogP contribution in [0.5, 0.6) is 0 Å². The first-order valence-electron chi connectivity index (χ1n) is 6.06. The van der Waals surface area contributed by atoms with E-state index in [2.05, 4.69) is 4.72 Å². The van der Waals surface area contributed by atoms with Crippen LogP contribution < -0.4 is 10.5 Å². The molecule has 1 fully saturated rings. The van der Waals surface area contributed by atoms with Gasteiger partial charge in [0.25, 0.3) is 0 Å². The zero-order valence-electron chi connectivity index (χ0n) is 10.6. The van der Waals surface area contributed by atoms with Gasteiger partial charge in [-0.3, -0.25) is 0 Å². The van der Waals surface area contributed by atoms with Gasteiger partial charge in [-0.15, -0.1) is 0 Å². The second kappa shape index (κ2) is 5.76. The molecule has 5 nitrogen and oxygen atoms in total. The van der Waals surface area contributed by atoms with Gasteiger partial charge in [0, 0.05) is 13.2 Å². The van der Waals surface area contributed by atoms with Crippen molar-refractivity contribution in [2.45, 2.75) is 36.9 Å². The first-order valence-corrected chi connectivity index (χ1v) is 7.92. The molecule has 1 heterocycles. The minimum atomic E-state index is -3.64. The summed E-state index contributed by atoms with van der Waals surface area (Å²) in [6, 6.07) is 4.50. The summed E-state index contributed by atoms with van der Waals surface area (Å²) in [6.07, 6.45) is 0.538. The third kappa shape index (κ3) is 3.27. The van der Waals surface area contributed by atoms with E-state index in [0.717, 1.165) is 5.56 Å². The predicted molar refractivity (Wildman–Crippen MR) is 73.5 cm³/mol. The Kier molecular flexibility index (Phi) is 4.47. The van der Waals surface area contributed by atoms with Crippen LogP contribution >= 0.6 is 11.6 Å². The van der Waals surface area contributed by atoms with Gasteiger partial charge >= 0.3 is 0 Å². The Morgan fingerprint density at radius 3 is 2.79 bits per heavy atom. The molecule has 0 aliphatic carbocycles. The van der Waals surface area contributed by atoms with E-state index < -0.39 is 10.0 Å². The van der Waals surface area contributed by atoms with Crippen molar-refractivity contribution in [1.29, 1.82) is 0 Å². The van der Waals surface area contributed by atoms with E-state index in [1.54, 1.807) is 12.1 Å². The number of nitrogens with one attached hydrogen (secondary N) is 1. The van der Waals surface area contributed by atoms with E-state index >= 15 is 0 Å². The molecule has 1 saturated heterocycles. The van der Waals surface area contributed by atoms with Gasteiger partial charge in [-0.1, -0.05) is 17.7 Å². The maximum Gasteiger partial charge on any atom is 0.242 e. The molecule has 0 bridgehead atoms. The van der Waals surface area contributed by atoms with Crippen LogP contribution in [0.1, 0.15) is 18.9 Å². The second-order valence-electron chi connectivity index (χ2n) is 4.56. The lowest BCUT2D eigenvalue weighted by Crippen LogP contribution is -2.39. The highest BCUT2D eigenvalue weighted by atomic mass is 35.5. The molecule has 1 aliphatic heterocycles. The van der Waals surface area contributed by atoms with E-state index in [1.165, 1.54) is 6.07 Å². The lowest BCUT2D eigenvalue weighted by Gasteiger charge is -2.17. The Bertz CT molecular complexity index is 562. The van der Waals surface area contributed by atoms with Gasteiger partial charge in [-0.2, -0.15) is 0 Å². The Morgan fingerprint density at radius 1 is 1.53 bits per heavy atom. The topological polar surface area (TPSA) is 81.4 Å². The molecule has 2 rings (SSSR count). The maximum absolute atomic E-state index is 12.3. The second-order valence-corrected chi connectivity index (χ2v) is 6.65. The van der Waals surface area contributed by atoms with Gasteiger partial charge in [0.1, 0.15) is 4.90 Å². The zero-order chi connectivity index (χ0) is 14.0. The van der Waals surface area contributed by atoms with Crippen LogP contribution in [0.15, 0.2) is 23.1 Å². The number of sulfonamides is 1. The summed E-state index contributed by atoms with van der Waals surface area (Å²) in [5, 5.41) is 0.182. The lowest BCUT2D eigenvalue weighted by molar-refractivity contribution is 0.117. The van der Waals surface area contributed by atoms with Crippen LogP contribution in [0.4, 0.5) is 0 Å². The number of rotatable bonds is 4. The number of halogens is 1. The maximum atomic E-state index is 12.3. The molecule has 1 aromatic rings. The van der Waals surface area contributed by atoms with E-state index in [1.807, 2.05) is 6.92 Å². The smallest absolute Gasteiger partial charge is 0.242 e. The predicted octanol–water partition coefficient (Wildman–Crippen LogP) is 1.25. The van der Waals surface area contributed by atoms with Gasteiger partial charge in [0.2, 0.25) is 10.0 Å². The number of ether oxygens (including phenoxy) is 1. The molecular weight excluding hydrogens is 288 g/mol. The molecule has 0 radical (unpaired) electrons. The van der Waals surface area contributed by atoms with Crippen molar-refractivity contribution in [2.75, 3.05) is 6.61 Å². The Morgan fingerprint density at radius 2 is 2.26 bits per heavy atom. The molecule has 0 saturated carbocycles. The van der Waals surface area contributed by atoms with Crippen molar-refractivity contribution < 1.29 is 13.2 Å². The van der Waals surface area contributed by atoms with Crippen LogP contribution in [-0.4, -0.2) is 27.2 Å². The van der Waals surface area contributed by atoms with Gasteiger partial charge in [-0.05, 0) is 31.0 Å². The van der Waals surface area contributed by atoms with Crippen molar-refractivity contribution in [3.05, 3.63) is 28.8 Å². The average molecular weight is 305 g/mol. The Hall–Kier alpha value is -0.660. The SMILES string of the molecule is CC1OCCC1NS(=O)(=O)c1ccc(CN)cc1Cl. The Labute approximate surface area is 118 Å². The third-order valence-corrected chi connectivity index (χ3v) is 5.18. The van der Waals surface area contributed by atoms with Crippen LogP contribution in [-0.2, 0) is 21.3 Å². The number of hydrogen-bond acceptors (Lipinski definition) is 4. The summed E-state index contributed by atoms with van der Waals surface area (Å²) in [5.74, 6) is 0. The van der Waals surface area contributed by atoms with Gasteiger partial charge in [-0.25, -0.2) is 13.1 Å². The van der Waals surface area contributed by atoms with E-state index in [9.17, 15) is 8.42 Å². The standard InChI is InChI=1S/C12H17ClN2O3S/c1-8-11(4-5-18-8)15-19(16,17)12-3-2-9(7-14)6-10(12)13/h2-3,6,8,11,15H,4-5,7,14H2,1H3. The van der Waals surface area contributed by atoms with Crippen molar-refractivity contribution in [1.82, 2.24) is 4.72 Å². The molecule has 19 heavy (non-hydrogen) atoms. The highest BCUT2D eigenvalue weighted by Gasteiger charge is 2.30. The number of benzene rings is 1. The first-order chi connectivity index (χ1) is 8.94. The molecule has 3 N–H and O–H groups in total. The normalized spacial score (nSPS) is 23.7. The summed E-state index contributed by atoms with van der Waals surface area (Å²) >= 11 is 6.01. The van der Waals surface area contributed by atoms with Crippen LogP contribution in [0, 0.1) is 0 Å². The first kappa shape index (κ1) is 14.7. The molecule has 2 atom stereocenters. The van der Waals surface area contributed by atoms with Gasteiger partial charge < -0.3 is 10.5 Å². The minimum Gasteiger partial charge on any atom is -0.377 e.